The van der Waals surface area contributed by atoms with Gasteiger partial charge in [0.05, 0.1) is 21.9 Å². The lowest BCUT2D eigenvalue weighted by Gasteiger charge is -2.22. The summed E-state index contributed by atoms with van der Waals surface area (Å²) in [7, 11) is 0. The maximum absolute atomic E-state index is 12.5. The van der Waals surface area contributed by atoms with E-state index >= 15 is 0 Å². The Kier molecular flexibility index (Phi) is 5.40. The number of carbonyl (C=O) groups excluding carboxylic acids is 1. The van der Waals surface area contributed by atoms with E-state index < -0.39 is 5.41 Å². The molecule has 25 heavy (non-hydrogen) atoms. The zero-order valence-corrected chi connectivity index (χ0v) is 16.1. The Labute approximate surface area is 149 Å². The van der Waals surface area contributed by atoms with Crippen molar-refractivity contribution in [1.82, 2.24) is 0 Å². The normalized spacial score (nSPS) is 16.3. The standard InChI is InChI=1S/C19H29N3O3/c1-7-8-9-13-10-14-11(2)17(22(24)25)12(3)15(16(14)20-13)21-18(23)19(4,5)6/h13,20H,7-10H2,1-6H3,(H,21,23). The van der Waals surface area contributed by atoms with Gasteiger partial charge in [-0.1, -0.05) is 40.5 Å². The number of nitrogens with zero attached hydrogens (tertiary/aromatic N) is 1. The number of anilines is 2. The molecule has 0 saturated carbocycles. The topological polar surface area (TPSA) is 84.3 Å². The molecule has 0 saturated heterocycles. The average molecular weight is 347 g/mol. The largest absolute Gasteiger partial charge is 0.380 e. The Hall–Kier alpha value is -2.11. The van der Waals surface area contributed by atoms with Gasteiger partial charge in [-0.2, -0.15) is 0 Å². The lowest BCUT2D eigenvalue weighted by Crippen LogP contribution is -2.28. The molecule has 6 heteroatoms. The number of hydrogen-bond donors (Lipinski definition) is 2. The first kappa shape index (κ1) is 19.2. The fraction of sp³-hybridized carbons (Fsp3) is 0.632. The van der Waals surface area contributed by atoms with Gasteiger partial charge in [-0.25, -0.2) is 0 Å². The van der Waals surface area contributed by atoms with Crippen LogP contribution in [0.15, 0.2) is 0 Å². The van der Waals surface area contributed by atoms with Gasteiger partial charge in [0, 0.05) is 17.0 Å². The van der Waals surface area contributed by atoms with Crippen LogP contribution in [0.5, 0.6) is 0 Å². The maximum Gasteiger partial charge on any atom is 0.277 e. The Bertz CT molecular complexity index is 705. The number of fused-ring (bicyclic) bond motifs is 1. The lowest BCUT2D eigenvalue weighted by molar-refractivity contribution is -0.386. The summed E-state index contributed by atoms with van der Waals surface area (Å²) in [5, 5.41) is 18.1. The van der Waals surface area contributed by atoms with Gasteiger partial charge < -0.3 is 10.6 Å². The Morgan fingerprint density at radius 3 is 2.48 bits per heavy atom. The zero-order valence-electron chi connectivity index (χ0n) is 16.1. The lowest BCUT2D eigenvalue weighted by atomic mass is 9.93. The fourth-order valence-corrected chi connectivity index (χ4v) is 3.34. The monoisotopic (exact) mass is 347 g/mol. The maximum atomic E-state index is 12.5. The van der Waals surface area contributed by atoms with Crippen molar-refractivity contribution in [3.63, 3.8) is 0 Å². The second-order valence-corrected chi connectivity index (χ2v) is 7.98. The van der Waals surface area contributed by atoms with Gasteiger partial charge in [-0.05, 0) is 32.3 Å². The van der Waals surface area contributed by atoms with Gasteiger partial charge in [0.2, 0.25) is 5.91 Å². The number of nitro benzene ring substituents is 1. The Morgan fingerprint density at radius 2 is 1.96 bits per heavy atom. The molecule has 0 aliphatic carbocycles. The van der Waals surface area contributed by atoms with Crippen LogP contribution in [0.1, 0.15) is 63.6 Å². The first-order valence-electron chi connectivity index (χ1n) is 8.96. The van der Waals surface area contributed by atoms with Crippen LogP contribution in [0, 0.1) is 29.4 Å². The zero-order chi connectivity index (χ0) is 18.9. The molecular weight excluding hydrogens is 318 g/mol. The van der Waals surface area contributed by atoms with E-state index in [-0.39, 0.29) is 22.6 Å². The van der Waals surface area contributed by atoms with E-state index in [4.69, 9.17) is 0 Å². The van der Waals surface area contributed by atoms with Crippen molar-refractivity contribution in [2.24, 2.45) is 5.41 Å². The Morgan fingerprint density at radius 1 is 1.32 bits per heavy atom. The van der Waals surface area contributed by atoms with Crippen molar-refractivity contribution < 1.29 is 9.72 Å². The summed E-state index contributed by atoms with van der Waals surface area (Å²) in [5.74, 6) is -0.144. The van der Waals surface area contributed by atoms with Crippen LogP contribution < -0.4 is 10.6 Å². The van der Waals surface area contributed by atoms with Crippen molar-refractivity contribution in [2.75, 3.05) is 10.6 Å². The smallest absolute Gasteiger partial charge is 0.277 e. The van der Waals surface area contributed by atoms with E-state index in [0.717, 1.165) is 36.9 Å². The molecule has 1 heterocycles. The van der Waals surface area contributed by atoms with Gasteiger partial charge >= 0.3 is 0 Å². The fourth-order valence-electron chi connectivity index (χ4n) is 3.34. The van der Waals surface area contributed by atoms with Gasteiger partial charge in [-0.3, -0.25) is 14.9 Å². The molecule has 0 bridgehead atoms. The van der Waals surface area contributed by atoms with Crippen LogP contribution in [0.4, 0.5) is 17.1 Å². The minimum absolute atomic E-state index is 0.112. The molecule has 1 aliphatic rings. The SMILES string of the molecule is CCCCC1Cc2c(C)c([N+](=O)[O-])c(C)c(NC(=O)C(C)(C)C)c2N1. The molecule has 0 fully saturated rings. The molecule has 1 amide bonds. The minimum atomic E-state index is -0.570. The first-order valence-corrected chi connectivity index (χ1v) is 8.96. The van der Waals surface area contributed by atoms with E-state index in [1.807, 2.05) is 27.7 Å². The van der Waals surface area contributed by atoms with Crippen molar-refractivity contribution in [2.45, 2.75) is 73.3 Å². The third kappa shape index (κ3) is 3.78. The van der Waals surface area contributed by atoms with Crippen LogP contribution in [0.3, 0.4) is 0 Å². The molecule has 6 nitrogen and oxygen atoms in total. The highest BCUT2D eigenvalue weighted by molar-refractivity contribution is 6.00. The molecule has 0 radical (unpaired) electrons. The Balaban J connectivity index is 2.52. The highest BCUT2D eigenvalue weighted by Crippen LogP contribution is 2.44. The number of nitrogens with one attached hydrogen (secondary N) is 2. The third-order valence-corrected chi connectivity index (χ3v) is 4.90. The molecule has 0 aromatic heterocycles. The predicted octanol–water partition coefficient (Wildman–Crippen LogP) is 4.72. The summed E-state index contributed by atoms with van der Waals surface area (Å²) in [6, 6.07) is 0.264. The van der Waals surface area contributed by atoms with Crippen molar-refractivity contribution in [3.05, 3.63) is 26.8 Å². The third-order valence-electron chi connectivity index (χ3n) is 4.90. The summed E-state index contributed by atoms with van der Waals surface area (Å²) >= 11 is 0. The quantitative estimate of drug-likeness (QED) is 0.596. The number of benzene rings is 1. The number of nitro groups is 1. The van der Waals surface area contributed by atoms with Crippen molar-refractivity contribution >= 4 is 23.0 Å². The van der Waals surface area contributed by atoms with Gasteiger partial charge in [0.25, 0.3) is 5.69 Å². The van der Waals surface area contributed by atoms with Crippen molar-refractivity contribution in [1.29, 1.82) is 0 Å². The molecule has 1 aliphatic heterocycles. The number of rotatable bonds is 5. The first-order chi connectivity index (χ1) is 11.6. The van der Waals surface area contributed by atoms with Crippen LogP contribution in [0.2, 0.25) is 0 Å². The van der Waals surface area contributed by atoms with Crippen LogP contribution in [-0.4, -0.2) is 16.9 Å². The van der Waals surface area contributed by atoms with E-state index in [0.29, 0.717) is 16.8 Å². The van der Waals surface area contributed by atoms with Crippen molar-refractivity contribution in [3.8, 4) is 0 Å². The molecule has 2 rings (SSSR count). The highest BCUT2D eigenvalue weighted by Gasteiger charge is 2.34. The number of hydrogen-bond acceptors (Lipinski definition) is 4. The van der Waals surface area contributed by atoms with Crippen LogP contribution in [0.25, 0.3) is 0 Å². The van der Waals surface area contributed by atoms with Crippen LogP contribution >= 0.6 is 0 Å². The number of unbranched alkanes of at least 4 members (excludes halogenated alkanes) is 1. The van der Waals surface area contributed by atoms with Gasteiger partial charge in [0.15, 0.2) is 0 Å². The van der Waals surface area contributed by atoms with E-state index in [1.54, 1.807) is 6.92 Å². The molecule has 1 unspecified atom stereocenters. The molecule has 1 atom stereocenters. The second-order valence-electron chi connectivity index (χ2n) is 7.98. The summed E-state index contributed by atoms with van der Waals surface area (Å²) in [4.78, 5) is 23.8. The van der Waals surface area contributed by atoms with E-state index in [2.05, 4.69) is 17.6 Å². The summed E-state index contributed by atoms with van der Waals surface area (Å²) in [6.45, 7) is 11.2. The molecule has 0 spiro atoms. The molecule has 2 N–H and O–H groups in total. The number of carbonyl (C=O) groups is 1. The average Bonchev–Trinajstić information content (AvgIpc) is 2.92. The van der Waals surface area contributed by atoms with Crippen LogP contribution in [-0.2, 0) is 11.2 Å². The minimum Gasteiger partial charge on any atom is -0.380 e. The molecule has 138 valence electrons. The highest BCUT2D eigenvalue weighted by atomic mass is 16.6. The van der Waals surface area contributed by atoms with E-state index in [9.17, 15) is 14.9 Å². The van der Waals surface area contributed by atoms with E-state index in [1.165, 1.54) is 0 Å². The second kappa shape index (κ2) is 7.02. The summed E-state index contributed by atoms with van der Waals surface area (Å²) in [5.41, 5.74) is 3.15. The van der Waals surface area contributed by atoms with Gasteiger partial charge in [0.1, 0.15) is 0 Å². The number of amides is 1. The predicted molar refractivity (Wildman–Crippen MR) is 101 cm³/mol. The molecule has 1 aromatic rings. The molecule has 1 aromatic carbocycles. The molecular formula is C19H29N3O3. The summed E-state index contributed by atoms with van der Waals surface area (Å²) < 4.78 is 0. The summed E-state index contributed by atoms with van der Waals surface area (Å²) in [6.07, 6.45) is 4.00. The van der Waals surface area contributed by atoms with Gasteiger partial charge in [-0.15, -0.1) is 0 Å².